The number of anilines is 1. The summed E-state index contributed by atoms with van der Waals surface area (Å²) in [6.07, 6.45) is 2.48. The number of rotatable bonds is 7. The minimum absolute atomic E-state index is 0.120. The molecule has 0 unspecified atom stereocenters. The first-order chi connectivity index (χ1) is 16.0. The maximum Gasteiger partial charge on any atom is 0.338 e. The molecule has 4 aromatic rings. The predicted molar refractivity (Wildman–Crippen MR) is 126 cm³/mol. The predicted octanol–water partition coefficient (Wildman–Crippen LogP) is 3.57. The number of fused-ring (bicyclic) bond motifs is 1. The van der Waals surface area contributed by atoms with Crippen LogP contribution in [0.25, 0.3) is 16.7 Å². The van der Waals surface area contributed by atoms with Crippen molar-refractivity contribution < 1.29 is 14.3 Å². The lowest BCUT2D eigenvalue weighted by Crippen LogP contribution is -2.27. The van der Waals surface area contributed by atoms with E-state index in [2.05, 4.69) is 17.2 Å². The second kappa shape index (κ2) is 9.52. The number of hydrogen-bond acceptors (Lipinski definition) is 5. The number of esters is 1. The summed E-state index contributed by atoms with van der Waals surface area (Å²) in [5, 5.41) is 3.24. The van der Waals surface area contributed by atoms with E-state index in [0.717, 1.165) is 12.0 Å². The Morgan fingerprint density at radius 3 is 2.39 bits per heavy atom. The van der Waals surface area contributed by atoms with Gasteiger partial charge in [-0.15, -0.1) is 0 Å². The van der Waals surface area contributed by atoms with E-state index in [1.54, 1.807) is 54.2 Å². The Labute approximate surface area is 190 Å². The lowest BCUT2D eigenvalue weighted by atomic mass is 10.1. The summed E-state index contributed by atoms with van der Waals surface area (Å²) in [5.41, 5.74) is 2.92. The zero-order chi connectivity index (χ0) is 23.4. The van der Waals surface area contributed by atoms with Gasteiger partial charge in [0.2, 0.25) is 5.91 Å². The van der Waals surface area contributed by atoms with Crippen molar-refractivity contribution in [3.05, 3.63) is 88.3 Å². The molecular formula is C25H24N4O4. The molecule has 0 spiro atoms. The van der Waals surface area contributed by atoms with Crippen molar-refractivity contribution in [1.29, 1.82) is 0 Å². The number of amides is 1. The fraction of sp³-hybridized carbons (Fsp3) is 0.200. The maximum absolute atomic E-state index is 13.1. The van der Waals surface area contributed by atoms with Crippen LogP contribution in [0.4, 0.5) is 5.69 Å². The van der Waals surface area contributed by atoms with Gasteiger partial charge in [-0.2, -0.15) is 0 Å². The van der Waals surface area contributed by atoms with E-state index < -0.39 is 5.97 Å². The van der Waals surface area contributed by atoms with Crippen LogP contribution in [0.5, 0.6) is 0 Å². The standard InChI is InChI=1S/C25H24N4O4/c1-3-17-7-13-20(14-8-17)29-24(31)21-6-5-15-26-23(21)28(29)16-22(30)27-19-11-9-18(10-12-19)25(32)33-4-2/h5-15H,3-4,16H2,1-2H3,(H,27,30). The third-order valence-electron chi connectivity index (χ3n) is 5.26. The summed E-state index contributed by atoms with van der Waals surface area (Å²) in [6, 6.07) is 17.5. The molecule has 8 nitrogen and oxygen atoms in total. The van der Waals surface area contributed by atoms with Crippen LogP contribution < -0.4 is 10.9 Å². The van der Waals surface area contributed by atoms with Crippen LogP contribution in [-0.4, -0.2) is 32.8 Å². The van der Waals surface area contributed by atoms with Gasteiger partial charge in [-0.3, -0.25) is 14.3 Å². The Bertz CT molecular complexity index is 1350. The molecule has 0 bridgehead atoms. The summed E-state index contributed by atoms with van der Waals surface area (Å²) in [5.74, 6) is -0.751. The van der Waals surface area contributed by atoms with Crippen molar-refractivity contribution in [2.45, 2.75) is 26.8 Å². The minimum Gasteiger partial charge on any atom is -0.462 e. The first kappa shape index (κ1) is 22.0. The third kappa shape index (κ3) is 4.55. The molecule has 0 radical (unpaired) electrons. The van der Waals surface area contributed by atoms with Gasteiger partial charge < -0.3 is 10.1 Å². The molecule has 0 atom stereocenters. The Balaban J connectivity index is 1.63. The number of hydrogen-bond donors (Lipinski definition) is 1. The molecule has 1 amide bonds. The number of pyridine rings is 1. The second-order valence-corrected chi connectivity index (χ2v) is 7.42. The van der Waals surface area contributed by atoms with E-state index in [1.165, 1.54) is 4.68 Å². The monoisotopic (exact) mass is 444 g/mol. The summed E-state index contributed by atoms with van der Waals surface area (Å²) in [6.45, 7) is 3.97. The van der Waals surface area contributed by atoms with Gasteiger partial charge in [0.05, 0.1) is 23.2 Å². The van der Waals surface area contributed by atoms with Crippen molar-refractivity contribution in [1.82, 2.24) is 14.3 Å². The smallest absolute Gasteiger partial charge is 0.338 e. The van der Waals surface area contributed by atoms with Gasteiger partial charge in [0.1, 0.15) is 6.54 Å². The molecule has 1 N–H and O–H groups in total. The third-order valence-corrected chi connectivity index (χ3v) is 5.26. The lowest BCUT2D eigenvalue weighted by molar-refractivity contribution is -0.116. The van der Waals surface area contributed by atoms with E-state index in [4.69, 9.17) is 4.74 Å². The summed E-state index contributed by atoms with van der Waals surface area (Å²) < 4.78 is 8.02. The average Bonchev–Trinajstić information content (AvgIpc) is 3.11. The number of aromatic nitrogens is 3. The maximum atomic E-state index is 13.1. The average molecular weight is 444 g/mol. The number of aryl methyl sites for hydroxylation is 1. The quantitative estimate of drug-likeness (QED) is 0.440. The van der Waals surface area contributed by atoms with E-state index in [9.17, 15) is 14.4 Å². The highest BCUT2D eigenvalue weighted by Crippen LogP contribution is 2.16. The van der Waals surface area contributed by atoms with E-state index in [0.29, 0.717) is 34.6 Å². The molecule has 2 aromatic heterocycles. The SMILES string of the molecule is CCOC(=O)c1ccc(NC(=O)Cn2c3ncccc3c(=O)n2-c2ccc(CC)cc2)cc1. The molecule has 0 saturated heterocycles. The van der Waals surface area contributed by atoms with Crippen LogP contribution in [0, 0.1) is 0 Å². The first-order valence-corrected chi connectivity index (χ1v) is 10.7. The normalized spacial score (nSPS) is 10.8. The van der Waals surface area contributed by atoms with Gasteiger partial charge in [0, 0.05) is 11.9 Å². The van der Waals surface area contributed by atoms with Crippen molar-refractivity contribution in [2.24, 2.45) is 0 Å². The van der Waals surface area contributed by atoms with Gasteiger partial charge in [-0.1, -0.05) is 19.1 Å². The molecule has 0 aliphatic rings. The molecule has 168 valence electrons. The van der Waals surface area contributed by atoms with E-state index in [-0.39, 0.29) is 18.0 Å². The number of ether oxygens (including phenoxy) is 1. The summed E-state index contributed by atoms with van der Waals surface area (Å²) in [4.78, 5) is 42.1. The zero-order valence-corrected chi connectivity index (χ0v) is 18.4. The molecule has 2 heterocycles. The molecule has 0 saturated carbocycles. The second-order valence-electron chi connectivity index (χ2n) is 7.42. The zero-order valence-electron chi connectivity index (χ0n) is 18.4. The Morgan fingerprint density at radius 1 is 1.00 bits per heavy atom. The van der Waals surface area contributed by atoms with Gasteiger partial charge in [0.15, 0.2) is 5.65 Å². The van der Waals surface area contributed by atoms with Crippen molar-refractivity contribution in [3.63, 3.8) is 0 Å². The highest BCUT2D eigenvalue weighted by molar-refractivity contribution is 5.93. The molecule has 0 fully saturated rings. The van der Waals surface area contributed by atoms with Crippen LogP contribution in [-0.2, 0) is 22.5 Å². The Morgan fingerprint density at radius 2 is 1.73 bits per heavy atom. The first-order valence-electron chi connectivity index (χ1n) is 10.7. The van der Waals surface area contributed by atoms with Crippen LogP contribution in [0.1, 0.15) is 29.8 Å². The van der Waals surface area contributed by atoms with Crippen LogP contribution in [0.3, 0.4) is 0 Å². The Hall–Kier alpha value is -4.20. The topological polar surface area (TPSA) is 95.2 Å². The van der Waals surface area contributed by atoms with Crippen LogP contribution in [0.2, 0.25) is 0 Å². The van der Waals surface area contributed by atoms with Gasteiger partial charge in [-0.05, 0) is 67.4 Å². The van der Waals surface area contributed by atoms with Gasteiger partial charge >= 0.3 is 5.97 Å². The highest BCUT2D eigenvalue weighted by atomic mass is 16.5. The Kier molecular flexibility index (Phi) is 6.35. The lowest BCUT2D eigenvalue weighted by Gasteiger charge is -2.13. The van der Waals surface area contributed by atoms with Crippen molar-refractivity contribution in [2.75, 3.05) is 11.9 Å². The van der Waals surface area contributed by atoms with Gasteiger partial charge in [0.25, 0.3) is 5.56 Å². The van der Waals surface area contributed by atoms with Crippen molar-refractivity contribution >= 4 is 28.6 Å². The number of nitrogens with one attached hydrogen (secondary N) is 1. The molecule has 2 aromatic carbocycles. The number of benzene rings is 2. The highest BCUT2D eigenvalue weighted by Gasteiger charge is 2.18. The largest absolute Gasteiger partial charge is 0.462 e. The number of nitrogens with zero attached hydrogens (tertiary/aromatic N) is 3. The fourth-order valence-corrected chi connectivity index (χ4v) is 3.60. The molecule has 8 heteroatoms. The molecule has 0 aliphatic carbocycles. The molecule has 4 rings (SSSR count). The molecule has 0 aliphatic heterocycles. The number of carbonyl (C=O) groups excluding carboxylic acids is 2. The van der Waals surface area contributed by atoms with Crippen LogP contribution >= 0.6 is 0 Å². The van der Waals surface area contributed by atoms with E-state index >= 15 is 0 Å². The summed E-state index contributed by atoms with van der Waals surface area (Å²) in [7, 11) is 0. The fourth-order valence-electron chi connectivity index (χ4n) is 3.60. The van der Waals surface area contributed by atoms with E-state index in [1.807, 2.05) is 24.3 Å². The van der Waals surface area contributed by atoms with Crippen LogP contribution in [0.15, 0.2) is 71.7 Å². The van der Waals surface area contributed by atoms with Crippen molar-refractivity contribution in [3.8, 4) is 5.69 Å². The molecule has 33 heavy (non-hydrogen) atoms. The minimum atomic E-state index is -0.418. The number of carbonyl (C=O) groups is 2. The van der Waals surface area contributed by atoms with Gasteiger partial charge in [-0.25, -0.2) is 14.5 Å². The molecular weight excluding hydrogens is 420 g/mol. The summed E-state index contributed by atoms with van der Waals surface area (Å²) >= 11 is 0.